The van der Waals surface area contributed by atoms with Gasteiger partial charge in [-0.3, -0.25) is 9.78 Å². The molecular formula is C23H18ClN5O2. The maximum absolute atomic E-state index is 11.8. The molecule has 4 aromatic rings. The first-order chi connectivity index (χ1) is 15.0. The normalized spacial score (nSPS) is 10.6. The van der Waals surface area contributed by atoms with Crippen LogP contribution in [0.2, 0.25) is 5.02 Å². The molecule has 0 saturated heterocycles. The number of benzene rings is 2. The van der Waals surface area contributed by atoms with E-state index in [4.69, 9.17) is 22.1 Å². The number of nitrogen functional groups attached to an aromatic ring is 1. The van der Waals surface area contributed by atoms with E-state index in [-0.39, 0.29) is 5.91 Å². The summed E-state index contributed by atoms with van der Waals surface area (Å²) in [6.07, 6.45) is 6.04. The third-order valence-electron chi connectivity index (χ3n) is 4.58. The smallest absolute Gasteiger partial charge is 0.247 e. The zero-order chi connectivity index (χ0) is 21.8. The Labute approximate surface area is 183 Å². The van der Waals surface area contributed by atoms with E-state index in [0.29, 0.717) is 39.8 Å². The second-order valence-electron chi connectivity index (χ2n) is 6.67. The summed E-state index contributed by atoms with van der Waals surface area (Å²) < 4.78 is 5.83. The highest BCUT2D eigenvalue weighted by atomic mass is 35.5. The van der Waals surface area contributed by atoms with E-state index in [1.165, 1.54) is 12.4 Å². The van der Waals surface area contributed by atoms with Crippen LogP contribution in [0.3, 0.4) is 0 Å². The molecule has 2 heterocycles. The number of amides is 1. The average molecular weight is 432 g/mol. The van der Waals surface area contributed by atoms with Gasteiger partial charge >= 0.3 is 0 Å². The number of aromatic nitrogens is 3. The topological polar surface area (TPSA) is 103 Å². The molecule has 154 valence electrons. The van der Waals surface area contributed by atoms with E-state index in [2.05, 4.69) is 26.8 Å². The molecule has 0 aliphatic carbocycles. The van der Waals surface area contributed by atoms with Gasteiger partial charge in [-0.2, -0.15) is 0 Å². The first-order valence-corrected chi connectivity index (χ1v) is 9.72. The summed E-state index contributed by atoms with van der Waals surface area (Å²) in [6, 6.07) is 12.7. The van der Waals surface area contributed by atoms with E-state index < -0.39 is 0 Å². The van der Waals surface area contributed by atoms with Crippen LogP contribution in [0.25, 0.3) is 22.0 Å². The molecule has 7 nitrogen and oxygen atoms in total. The average Bonchev–Trinajstić information content (AvgIpc) is 2.79. The fourth-order valence-corrected chi connectivity index (χ4v) is 3.34. The summed E-state index contributed by atoms with van der Waals surface area (Å²) in [7, 11) is 0. The van der Waals surface area contributed by atoms with Gasteiger partial charge in [0.05, 0.1) is 10.5 Å². The highest BCUT2D eigenvalue weighted by Crippen LogP contribution is 2.36. The number of ether oxygens (including phenoxy) is 1. The second kappa shape index (κ2) is 8.81. The van der Waals surface area contributed by atoms with E-state index in [9.17, 15) is 4.79 Å². The predicted molar refractivity (Wildman–Crippen MR) is 122 cm³/mol. The second-order valence-corrected chi connectivity index (χ2v) is 7.07. The number of anilines is 2. The largest absolute Gasteiger partial charge is 0.487 e. The highest BCUT2D eigenvalue weighted by Gasteiger charge is 2.13. The molecular weight excluding hydrogens is 414 g/mol. The Bertz CT molecular complexity index is 1280. The van der Waals surface area contributed by atoms with Crippen molar-refractivity contribution in [3.63, 3.8) is 0 Å². The fourth-order valence-electron chi connectivity index (χ4n) is 3.10. The van der Waals surface area contributed by atoms with Crippen LogP contribution in [0, 0.1) is 0 Å². The van der Waals surface area contributed by atoms with Gasteiger partial charge in [-0.15, -0.1) is 0 Å². The molecule has 0 aliphatic rings. The Morgan fingerprint density at radius 1 is 1.23 bits per heavy atom. The van der Waals surface area contributed by atoms with Gasteiger partial charge in [0.2, 0.25) is 5.91 Å². The van der Waals surface area contributed by atoms with Crippen molar-refractivity contribution in [1.29, 1.82) is 0 Å². The number of halogens is 1. The molecule has 4 rings (SSSR count). The fraction of sp³-hybridized carbons (Fsp3) is 0.0435. The van der Waals surface area contributed by atoms with Crippen LogP contribution >= 0.6 is 11.6 Å². The summed E-state index contributed by atoms with van der Waals surface area (Å²) in [6.45, 7) is 3.83. The van der Waals surface area contributed by atoms with Crippen LogP contribution in [0.1, 0.15) is 5.56 Å². The van der Waals surface area contributed by atoms with Crippen LogP contribution in [0.15, 0.2) is 73.8 Å². The van der Waals surface area contributed by atoms with E-state index in [1.807, 2.05) is 18.2 Å². The van der Waals surface area contributed by atoms with Crippen molar-refractivity contribution in [3.8, 4) is 16.9 Å². The van der Waals surface area contributed by atoms with Gasteiger partial charge in [-0.25, -0.2) is 9.97 Å². The number of rotatable bonds is 6. The summed E-state index contributed by atoms with van der Waals surface area (Å²) >= 11 is 6.49. The Kier molecular flexibility index (Phi) is 5.77. The lowest BCUT2D eigenvalue weighted by Gasteiger charge is -2.13. The lowest BCUT2D eigenvalue weighted by molar-refractivity contribution is -0.111. The van der Waals surface area contributed by atoms with Crippen molar-refractivity contribution in [1.82, 2.24) is 15.0 Å². The van der Waals surface area contributed by atoms with Gasteiger partial charge in [-0.1, -0.05) is 30.3 Å². The Morgan fingerprint density at radius 3 is 2.84 bits per heavy atom. The van der Waals surface area contributed by atoms with Crippen molar-refractivity contribution in [2.24, 2.45) is 0 Å². The summed E-state index contributed by atoms with van der Waals surface area (Å²) in [5, 5.41) is 3.81. The van der Waals surface area contributed by atoms with Gasteiger partial charge in [0, 0.05) is 34.6 Å². The molecule has 0 atom stereocenters. The lowest BCUT2D eigenvalue weighted by Crippen LogP contribution is -2.08. The number of hydrogen-bond acceptors (Lipinski definition) is 6. The summed E-state index contributed by atoms with van der Waals surface area (Å²) in [5.74, 6) is 0.519. The molecule has 0 aliphatic heterocycles. The molecule has 0 unspecified atom stereocenters. The standard InChI is InChI=1S/C23H18ClN5O2/c1-2-21(30)29-16-9-17(22-18(10-16)23(25)28-13-27-22)15-5-6-20(19(24)8-15)31-12-14-4-3-7-26-11-14/h2-11,13H,1,12H2,(H,29,30)(H2,25,27,28). The molecule has 2 aromatic heterocycles. The molecule has 0 bridgehead atoms. The molecule has 0 saturated carbocycles. The summed E-state index contributed by atoms with van der Waals surface area (Å²) in [5.41, 5.74) is 9.70. The minimum absolute atomic E-state index is 0.309. The predicted octanol–water partition coefficient (Wildman–Crippen LogP) is 4.63. The minimum atomic E-state index is -0.335. The van der Waals surface area contributed by atoms with E-state index in [0.717, 1.165) is 16.7 Å². The molecule has 0 fully saturated rings. The number of pyridine rings is 1. The minimum Gasteiger partial charge on any atom is -0.487 e. The van der Waals surface area contributed by atoms with Crippen molar-refractivity contribution >= 4 is 39.9 Å². The number of nitrogens with two attached hydrogens (primary N) is 1. The van der Waals surface area contributed by atoms with Crippen LogP contribution < -0.4 is 15.8 Å². The van der Waals surface area contributed by atoms with E-state index >= 15 is 0 Å². The first kappa shape index (κ1) is 20.3. The molecule has 8 heteroatoms. The Hall–Kier alpha value is -3.97. The monoisotopic (exact) mass is 431 g/mol. The molecule has 3 N–H and O–H groups in total. The number of nitrogens with zero attached hydrogens (tertiary/aromatic N) is 3. The molecule has 0 spiro atoms. The van der Waals surface area contributed by atoms with Gasteiger partial charge in [0.25, 0.3) is 0 Å². The van der Waals surface area contributed by atoms with Gasteiger partial charge < -0.3 is 15.8 Å². The van der Waals surface area contributed by atoms with Crippen molar-refractivity contribution in [3.05, 3.63) is 84.4 Å². The maximum Gasteiger partial charge on any atom is 0.247 e. The summed E-state index contributed by atoms with van der Waals surface area (Å²) in [4.78, 5) is 24.3. The van der Waals surface area contributed by atoms with Crippen LogP contribution in [0.4, 0.5) is 11.5 Å². The maximum atomic E-state index is 11.8. The highest BCUT2D eigenvalue weighted by molar-refractivity contribution is 6.32. The van der Waals surface area contributed by atoms with Crippen molar-refractivity contribution in [2.75, 3.05) is 11.1 Å². The van der Waals surface area contributed by atoms with Gasteiger partial charge in [-0.05, 0) is 42.0 Å². The Balaban J connectivity index is 1.72. The number of nitrogens with one attached hydrogen (secondary N) is 1. The Morgan fingerprint density at radius 2 is 2.10 bits per heavy atom. The van der Waals surface area contributed by atoms with Gasteiger partial charge in [0.1, 0.15) is 24.5 Å². The molecule has 31 heavy (non-hydrogen) atoms. The third-order valence-corrected chi connectivity index (χ3v) is 4.88. The van der Waals surface area contributed by atoms with Crippen molar-refractivity contribution < 1.29 is 9.53 Å². The quantitative estimate of drug-likeness (QED) is 0.431. The third kappa shape index (κ3) is 4.46. The lowest BCUT2D eigenvalue weighted by atomic mass is 10.0. The SMILES string of the molecule is C=CC(=O)Nc1cc(-c2ccc(OCc3cccnc3)c(Cl)c2)c2ncnc(N)c2c1. The van der Waals surface area contributed by atoms with Crippen LogP contribution in [0.5, 0.6) is 5.75 Å². The number of fused-ring (bicyclic) bond motifs is 1. The number of hydrogen-bond donors (Lipinski definition) is 2. The number of carbonyl (C=O) groups excluding carboxylic acids is 1. The van der Waals surface area contributed by atoms with Crippen molar-refractivity contribution in [2.45, 2.75) is 6.61 Å². The zero-order valence-corrected chi connectivity index (χ0v) is 17.1. The first-order valence-electron chi connectivity index (χ1n) is 9.34. The molecule has 1 amide bonds. The zero-order valence-electron chi connectivity index (χ0n) is 16.4. The van der Waals surface area contributed by atoms with Crippen LogP contribution in [-0.4, -0.2) is 20.9 Å². The van der Waals surface area contributed by atoms with E-state index in [1.54, 1.807) is 36.7 Å². The van der Waals surface area contributed by atoms with Gasteiger partial charge in [0.15, 0.2) is 0 Å². The number of carbonyl (C=O) groups is 1. The van der Waals surface area contributed by atoms with Crippen LogP contribution in [-0.2, 0) is 11.4 Å². The molecule has 0 radical (unpaired) electrons. The molecule has 2 aromatic carbocycles.